The molecular weight excluding hydrogens is 254 g/mol. The predicted molar refractivity (Wildman–Crippen MR) is 67.4 cm³/mol. The zero-order chi connectivity index (χ0) is 14.8. The lowest BCUT2D eigenvalue weighted by molar-refractivity contribution is -0.140. The largest absolute Gasteiger partial charge is 0.480 e. The van der Waals surface area contributed by atoms with Crippen LogP contribution in [0.25, 0.3) is 0 Å². The number of aliphatic carboxylic acids is 1. The number of carbonyl (C=O) groups excluding carboxylic acids is 2. The molecule has 8 nitrogen and oxygen atoms in total. The number of amides is 3. The number of hydrogen-bond donors (Lipinski definition) is 4. The van der Waals surface area contributed by atoms with Crippen LogP contribution in [0.3, 0.4) is 0 Å². The zero-order valence-corrected chi connectivity index (χ0v) is 10.8. The van der Waals surface area contributed by atoms with E-state index in [0.717, 1.165) is 5.57 Å². The third-order valence-electron chi connectivity index (χ3n) is 1.89. The molecule has 0 saturated heterocycles. The summed E-state index contributed by atoms with van der Waals surface area (Å²) in [7, 11) is 0. The second kappa shape index (κ2) is 8.92. The maximum Gasteiger partial charge on any atom is 0.326 e. The second-order valence-corrected chi connectivity index (χ2v) is 3.97. The van der Waals surface area contributed by atoms with Gasteiger partial charge >= 0.3 is 12.0 Å². The summed E-state index contributed by atoms with van der Waals surface area (Å²) in [5, 5.41) is 13.3. The molecule has 0 unspecified atom stereocenters. The first-order chi connectivity index (χ1) is 8.82. The van der Waals surface area contributed by atoms with Gasteiger partial charge in [-0.15, -0.1) is 0 Å². The van der Waals surface area contributed by atoms with Crippen molar-refractivity contribution in [3.8, 4) is 0 Å². The van der Waals surface area contributed by atoms with Crippen molar-refractivity contribution in [3.05, 3.63) is 12.2 Å². The maximum absolute atomic E-state index is 11.3. The molecule has 108 valence electrons. The number of nitrogens with two attached hydrogens (primary N) is 1. The van der Waals surface area contributed by atoms with Crippen LogP contribution in [0.4, 0.5) is 4.79 Å². The van der Waals surface area contributed by atoms with Crippen LogP contribution in [-0.2, 0) is 14.3 Å². The molecule has 3 amide bonds. The molecule has 0 aromatic heterocycles. The van der Waals surface area contributed by atoms with Gasteiger partial charge in [-0.1, -0.05) is 12.2 Å². The van der Waals surface area contributed by atoms with Crippen LogP contribution < -0.4 is 16.4 Å². The highest BCUT2D eigenvalue weighted by Crippen LogP contribution is 1.91. The van der Waals surface area contributed by atoms with E-state index in [1.807, 2.05) is 0 Å². The molecule has 0 rings (SSSR count). The normalized spacial score (nSPS) is 11.4. The van der Waals surface area contributed by atoms with Crippen molar-refractivity contribution in [2.45, 2.75) is 19.4 Å². The van der Waals surface area contributed by atoms with Gasteiger partial charge in [0.05, 0.1) is 19.6 Å². The fourth-order valence-corrected chi connectivity index (χ4v) is 1.09. The molecule has 8 heteroatoms. The average Bonchev–Trinajstić information content (AvgIpc) is 2.26. The molecular formula is C11H19N3O5. The van der Waals surface area contributed by atoms with Crippen LogP contribution in [0.1, 0.15) is 13.3 Å². The van der Waals surface area contributed by atoms with E-state index in [4.69, 9.17) is 15.6 Å². The summed E-state index contributed by atoms with van der Waals surface area (Å²) in [5.74, 6) is -2.13. The first-order valence-corrected chi connectivity index (χ1v) is 5.60. The monoisotopic (exact) mass is 273 g/mol. The molecule has 0 aliphatic rings. The van der Waals surface area contributed by atoms with Gasteiger partial charge in [0.1, 0.15) is 6.04 Å². The molecule has 5 N–H and O–H groups in total. The molecule has 0 aliphatic carbocycles. The highest BCUT2D eigenvalue weighted by atomic mass is 16.5. The van der Waals surface area contributed by atoms with Crippen LogP contribution in [-0.4, -0.2) is 48.8 Å². The smallest absolute Gasteiger partial charge is 0.326 e. The lowest BCUT2D eigenvalue weighted by atomic mass is 10.2. The number of carboxylic acids is 1. The van der Waals surface area contributed by atoms with Gasteiger partial charge in [-0.2, -0.15) is 0 Å². The number of hydrogen-bond acceptors (Lipinski definition) is 4. The molecule has 0 aromatic carbocycles. The quantitative estimate of drug-likeness (QED) is 0.323. The second-order valence-electron chi connectivity index (χ2n) is 3.97. The van der Waals surface area contributed by atoms with E-state index in [1.165, 1.54) is 0 Å². The van der Waals surface area contributed by atoms with Crippen molar-refractivity contribution in [3.63, 3.8) is 0 Å². The van der Waals surface area contributed by atoms with Gasteiger partial charge in [0.15, 0.2) is 0 Å². The van der Waals surface area contributed by atoms with E-state index in [0.29, 0.717) is 6.61 Å². The predicted octanol–water partition coefficient (Wildman–Crippen LogP) is -0.793. The van der Waals surface area contributed by atoms with Crippen LogP contribution in [0.2, 0.25) is 0 Å². The van der Waals surface area contributed by atoms with E-state index in [2.05, 4.69) is 17.2 Å². The molecule has 0 aliphatic heterocycles. The van der Waals surface area contributed by atoms with Gasteiger partial charge in [-0.3, -0.25) is 4.79 Å². The Morgan fingerprint density at radius 3 is 2.53 bits per heavy atom. The maximum atomic E-state index is 11.3. The number of primary amides is 1. The Hall–Kier alpha value is -2.09. The number of rotatable bonds is 9. The Balaban J connectivity index is 3.90. The van der Waals surface area contributed by atoms with E-state index >= 15 is 0 Å². The minimum Gasteiger partial charge on any atom is -0.480 e. The first-order valence-electron chi connectivity index (χ1n) is 5.60. The lowest BCUT2D eigenvalue weighted by Gasteiger charge is -2.13. The summed E-state index contributed by atoms with van der Waals surface area (Å²) in [6.07, 6.45) is -0.463. The molecule has 0 fully saturated rings. The fourth-order valence-electron chi connectivity index (χ4n) is 1.09. The first kappa shape index (κ1) is 16.9. The summed E-state index contributed by atoms with van der Waals surface area (Å²) in [4.78, 5) is 32.7. The highest BCUT2D eigenvalue weighted by Gasteiger charge is 2.21. The lowest BCUT2D eigenvalue weighted by Crippen LogP contribution is -2.48. The minimum absolute atomic E-state index is 0.210. The van der Waals surface area contributed by atoms with Crippen molar-refractivity contribution in [2.75, 3.05) is 19.8 Å². The molecule has 1 atom stereocenters. The zero-order valence-electron chi connectivity index (χ0n) is 10.8. The molecule has 0 aromatic rings. The van der Waals surface area contributed by atoms with Gasteiger partial charge in [0.25, 0.3) is 0 Å². The number of carbonyl (C=O) groups is 3. The van der Waals surface area contributed by atoms with E-state index < -0.39 is 30.4 Å². The van der Waals surface area contributed by atoms with Gasteiger partial charge in [0, 0.05) is 6.54 Å². The van der Waals surface area contributed by atoms with Gasteiger partial charge in [-0.05, 0) is 6.92 Å². The van der Waals surface area contributed by atoms with Crippen molar-refractivity contribution < 1.29 is 24.2 Å². The molecule has 0 saturated carbocycles. The van der Waals surface area contributed by atoms with Crippen LogP contribution >= 0.6 is 0 Å². The van der Waals surface area contributed by atoms with Crippen LogP contribution in [0.5, 0.6) is 0 Å². The van der Waals surface area contributed by atoms with Crippen molar-refractivity contribution in [1.82, 2.24) is 10.6 Å². The molecule has 0 spiro atoms. The Morgan fingerprint density at radius 2 is 2.05 bits per heavy atom. The van der Waals surface area contributed by atoms with E-state index in [9.17, 15) is 14.4 Å². The molecule has 0 bridgehead atoms. The molecule has 0 heterocycles. The van der Waals surface area contributed by atoms with Gasteiger partial charge in [-0.25, -0.2) is 9.59 Å². The molecule has 0 radical (unpaired) electrons. The number of nitrogens with one attached hydrogen (secondary N) is 2. The number of carboxylic acid groups (broad SMARTS) is 1. The summed E-state index contributed by atoms with van der Waals surface area (Å²) in [6.45, 7) is 6.32. The standard InChI is InChI=1S/C11H19N3O5/c1-7(2)6-19-4-3-13-11(18)14-8(10(16)17)5-9(12)15/h8H,1,3-6H2,2H3,(H2,12,15)(H,16,17)(H2,13,14,18)/t8-/m1/s1. The summed E-state index contributed by atoms with van der Waals surface area (Å²) in [6, 6.07) is -2.04. The number of urea groups is 1. The third-order valence-corrected chi connectivity index (χ3v) is 1.89. The Morgan fingerprint density at radius 1 is 1.42 bits per heavy atom. The third kappa shape index (κ3) is 9.60. The number of ether oxygens (including phenoxy) is 1. The summed E-state index contributed by atoms with van der Waals surface area (Å²) < 4.78 is 5.13. The Bertz CT molecular complexity index is 356. The van der Waals surface area contributed by atoms with E-state index in [1.54, 1.807) is 6.92 Å². The van der Waals surface area contributed by atoms with Gasteiger partial charge < -0.3 is 26.2 Å². The Labute approximate surface area is 111 Å². The minimum atomic E-state index is -1.34. The molecule has 19 heavy (non-hydrogen) atoms. The van der Waals surface area contributed by atoms with E-state index in [-0.39, 0.29) is 13.2 Å². The topological polar surface area (TPSA) is 131 Å². The highest BCUT2D eigenvalue weighted by molar-refractivity contribution is 5.87. The summed E-state index contributed by atoms with van der Waals surface area (Å²) >= 11 is 0. The average molecular weight is 273 g/mol. The van der Waals surface area contributed by atoms with Crippen LogP contribution in [0, 0.1) is 0 Å². The SMILES string of the molecule is C=C(C)COCCNC(=O)N[C@H](CC(N)=O)C(=O)O. The van der Waals surface area contributed by atoms with Crippen molar-refractivity contribution in [2.24, 2.45) is 5.73 Å². The summed E-state index contributed by atoms with van der Waals surface area (Å²) in [5.41, 5.74) is 5.73. The van der Waals surface area contributed by atoms with Gasteiger partial charge in [0.2, 0.25) is 5.91 Å². The van der Waals surface area contributed by atoms with Crippen molar-refractivity contribution in [1.29, 1.82) is 0 Å². The van der Waals surface area contributed by atoms with Crippen molar-refractivity contribution >= 4 is 17.9 Å². The fraction of sp³-hybridized carbons (Fsp3) is 0.545. The Kier molecular flexibility index (Phi) is 7.94. The van der Waals surface area contributed by atoms with Crippen LogP contribution in [0.15, 0.2) is 12.2 Å².